The summed E-state index contributed by atoms with van der Waals surface area (Å²) in [5.74, 6) is 0.372. The molecule has 168 valence electrons. The number of carbonyl (C=O) groups is 1. The predicted octanol–water partition coefficient (Wildman–Crippen LogP) is 6.26. The first-order chi connectivity index (χ1) is 15.5. The minimum atomic E-state index is -0.344. The highest BCUT2D eigenvalue weighted by molar-refractivity contribution is 7.15. The highest BCUT2D eigenvalue weighted by atomic mass is 35.5. The van der Waals surface area contributed by atoms with Crippen molar-refractivity contribution in [3.63, 3.8) is 0 Å². The third-order valence-corrected chi connectivity index (χ3v) is 7.12. The van der Waals surface area contributed by atoms with Crippen molar-refractivity contribution in [3.8, 4) is 16.2 Å². The molecule has 0 amide bonds. The largest absolute Gasteiger partial charge is 0.482 e. The van der Waals surface area contributed by atoms with Gasteiger partial charge in [-0.15, -0.1) is 11.3 Å². The van der Waals surface area contributed by atoms with Gasteiger partial charge in [-0.05, 0) is 67.3 Å². The normalized spacial score (nSPS) is 14.0. The first-order valence-electron chi connectivity index (χ1n) is 10.7. The standard InChI is InChI=1S/C25H25Cl2NO3S/c1-2-30-25(29)16-31-20-5-3-17-9-11-28(12-10-18(17)13-20)15-21-6-8-24(32-21)22-7-4-19(26)14-23(22)27/h3-8,13-14H,2,9-12,15-16H2,1H3. The minimum Gasteiger partial charge on any atom is -0.482 e. The molecule has 32 heavy (non-hydrogen) atoms. The molecule has 2 aromatic carbocycles. The van der Waals surface area contributed by atoms with Crippen LogP contribution in [0.5, 0.6) is 5.75 Å². The molecule has 4 nitrogen and oxygen atoms in total. The zero-order valence-electron chi connectivity index (χ0n) is 17.9. The molecular formula is C25H25Cl2NO3S. The quantitative estimate of drug-likeness (QED) is 0.366. The number of ether oxygens (including phenoxy) is 2. The van der Waals surface area contributed by atoms with E-state index >= 15 is 0 Å². The van der Waals surface area contributed by atoms with Gasteiger partial charge in [-0.2, -0.15) is 0 Å². The zero-order chi connectivity index (χ0) is 22.5. The van der Waals surface area contributed by atoms with Crippen LogP contribution in [0.25, 0.3) is 10.4 Å². The maximum atomic E-state index is 11.5. The van der Waals surface area contributed by atoms with Crippen molar-refractivity contribution < 1.29 is 14.3 Å². The van der Waals surface area contributed by atoms with Crippen molar-refractivity contribution in [2.45, 2.75) is 26.3 Å². The smallest absolute Gasteiger partial charge is 0.344 e. The number of benzene rings is 2. The van der Waals surface area contributed by atoms with Gasteiger partial charge >= 0.3 is 5.97 Å². The third-order valence-electron chi connectivity index (χ3n) is 5.47. The molecule has 2 heterocycles. The second kappa shape index (κ2) is 10.7. The van der Waals surface area contributed by atoms with Crippen molar-refractivity contribution in [2.24, 2.45) is 0 Å². The molecule has 3 aromatic rings. The fourth-order valence-electron chi connectivity index (χ4n) is 3.86. The topological polar surface area (TPSA) is 38.8 Å². The number of fused-ring (bicyclic) bond motifs is 1. The first kappa shape index (κ1) is 23.1. The van der Waals surface area contributed by atoms with E-state index in [0.717, 1.165) is 42.9 Å². The minimum absolute atomic E-state index is 0.0584. The zero-order valence-corrected chi connectivity index (χ0v) is 20.2. The summed E-state index contributed by atoms with van der Waals surface area (Å²) in [6.07, 6.45) is 1.95. The number of esters is 1. The second-order valence-corrected chi connectivity index (χ2v) is 9.70. The van der Waals surface area contributed by atoms with Crippen molar-refractivity contribution in [1.29, 1.82) is 0 Å². The molecule has 0 N–H and O–H groups in total. The number of carbonyl (C=O) groups excluding carboxylic acids is 1. The molecule has 0 saturated heterocycles. The molecule has 0 radical (unpaired) electrons. The molecule has 1 aliphatic heterocycles. The van der Waals surface area contributed by atoms with Crippen molar-refractivity contribution in [1.82, 2.24) is 4.90 Å². The lowest BCUT2D eigenvalue weighted by Crippen LogP contribution is -2.25. The highest BCUT2D eigenvalue weighted by Crippen LogP contribution is 2.35. The van der Waals surface area contributed by atoms with Crippen LogP contribution in [-0.2, 0) is 28.9 Å². The second-order valence-electron chi connectivity index (χ2n) is 7.69. The Kier molecular flexibility index (Phi) is 7.74. The molecule has 4 rings (SSSR count). The van der Waals surface area contributed by atoms with E-state index in [1.165, 1.54) is 16.0 Å². The molecule has 1 aromatic heterocycles. The summed E-state index contributed by atoms with van der Waals surface area (Å²) in [6, 6.07) is 16.1. The van der Waals surface area contributed by atoms with Gasteiger partial charge in [0.1, 0.15) is 5.75 Å². The van der Waals surface area contributed by atoms with Gasteiger partial charge < -0.3 is 9.47 Å². The van der Waals surface area contributed by atoms with Crippen LogP contribution < -0.4 is 4.74 Å². The van der Waals surface area contributed by atoms with Gasteiger partial charge in [-0.25, -0.2) is 4.79 Å². The van der Waals surface area contributed by atoms with Crippen LogP contribution in [-0.4, -0.2) is 37.2 Å². The lowest BCUT2D eigenvalue weighted by atomic mass is 10.0. The van der Waals surface area contributed by atoms with Crippen LogP contribution in [0.15, 0.2) is 48.5 Å². The Morgan fingerprint density at radius 3 is 2.62 bits per heavy atom. The Bertz CT molecular complexity index is 1100. The molecule has 0 saturated carbocycles. The van der Waals surface area contributed by atoms with Gasteiger partial charge in [0.05, 0.1) is 11.6 Å². The Balaban J connectivity index is 1.37. The van der Waals surface area contributed by atoms with Crippen LogP contribution >= 0.6 is 34.5 Å². The van der Waals surface area contributed by atoms with Crippen molar-refractivity contribution in [2.75, 3.05) is 26.3 Å². The number of hydrogen-bond acceptors (Lipinski definition) is 5. The molecule has 0 aliphatic carbocycles. The van der Waals surface area contributed by atoms with Gasteiger partial charge in [-0.1, -0.05) is 35.3 Å². The van der Waals surface area contributed by atoms with Crippen molar-refractivity contribution >= 4 is 40.5 Å². The van der Waals surface area contributed by atoms with Crippen LogP contribution in [0.3, 0.4) is 0 Å². The summed E-state index contributed by atoms with van der Waals surface area (Å²) in [6.45, 7) is 4.98. The fraction of sp³-hybridized carbons (Fsp3) is 0.320. The van der Waals surface area contributed by atoms with E-state index in [2.05, 4.69) is 29.2 Å². The molecule has 0 unspecified atom stereocenters. The van der Waals surface area contributed by atoms with E-state index in [1.807, 2.05) is 18.2 Å². The third kappa shape index (κ3) is 5.84. The first-order valence-corrected chi connectivity index (χ1v) is 12.3. The summed E-state index contributed by atoms with van der Waals surface area (Å²) >= 11 is 14.2. The van der Waals surface area contributed by atoms with Crippen LogP contribution in [0, 0.1) is 0 Å². The average molecular weight is 490 g/mol. The van der Waals surface area contributed by atoms with E-state index in [9.17, 15) is 4.79 Å². The molecular weight excluding hydrogens is 465 g/mol. The number of halogens is 2. The van der Waals surface area contributed by atoms with Gasteiger partial charge in [-0.3, -0.25) is 4.90 Å². The highest BCUT2D eigenvalue weighted by Gasteiger charge is 2.17. The summed E-state index contributed by atoms with van der Waals surface area (Å²) in [4.78, 5) is 16.5. The van der Waals surface area contributed by atoms with Gasteiger partial charge in [0, 0.05) is 40.0 Å². The van der Waals surface area contributed by atoms with Gasteiger partial charge in [0.2, 0.25) is 0 Å². The molecule has 0 atom stereocenters. The molecule has 0 fully saturated rings. The molecule has 0 spiro atoms. The molecule has 7 heteroatoms. The average Bonchev–Trinajstić information content (AvgIpc) is 3.13. The van der Waals surface area contributed by atoms with E-state index in [1.54, 1.807) is 24.3 Å². The number of thiophene rings is 1. The lowest BCUT2D eigenvalue weighted by Gasteiger charge is -2.18. The number of nitrogens with zero attached hydrogens (tertiary/aromatic N) is 1. The van der Waals surface area contributed by atoms with E-state index in [4.69, 9.17) is 32.7 Å². The Morgan fingerprint density at radius 1 is 1.03 bits per heavy atom. The van der Waals surface area contributed by atoms with Gasteiger partial charge in [0.15, 0.2) is 6.61 Å². The SMILES string of the molecule is CCOC(=O)COc1ccc2c(c1)CCN(Cc1ccc(-c3ccc(Cl)cc3Cl)s1)CC2. The maximum absolute atomic E-state index is 11.5. The van der Waals surface area contributed by atoms with E-state index in [0.29, 0.717) is 22.4 Å². The lowest BCUT2D eigenvalue weighted by molar-refractivity contribution is -0.145. The van der Waals surface area contributed by atoms with Crippen LogP contribution in [0.4, 0.5) is 0 Å². The fourth-order valence-corrected chi connectivity index (χ4v) is 5.51. The Labute approximate surface area is 202 Å². The summed E-state index contributed by atoms with van der Waals surface area (Å²) in [5, 5.41) is 1.33. The van der Waals surface area contributed by atoms with Crippen LogP contribution in [0.1, 0.15) is 22.9 Å². The van der Waals surface area contributed by atoms with E-state index in [-0.39, 0.29) is 12.6 Å². The Morgan fingerprint density at radius 2 is 1.84 bits per heavy atom. The summed E-state index contributed by atoms with van der Waals surface area (Å²) < 4.78 is 10.5. The predicted molar refractivity (Wildman–Crippen MR) is 131 cm³/mol. The Hall–Kier alpha value is -2.05. The maximum Gasteiger partial charge on any atom is 0.344 e. The van der Waals surface area contributed by atoms with Gasteiger partial charge in [0.25, 0.3) is 0 Å². The monoisotopic (exact) mass is 489 g/mol. The van der Waals surface area contributed by atoms with Crippen LogP contribution in [0.2, 0.25) is 10.0 Å². The summed E-state index contributed by atoms with van der Waals surface area (Å²) in [7, 11) is 0. The number of rotatable bonds is 7. The number of hydrogen-bond donors (Lipinski definition) is 0. The van der Waals surface area contributed by atoms with E-state index < -0.39 is 0 Å². The van der Waals surface area contributed by atoms with Crippen molar-refractivity contribution in [3.05, 3.63) is 74.6 Å². The molecule has 1 aliphatic rings. The molecule has 0 bridgehead atoms. The summed E-state index contributed by atoms with van der Waals surface area (Å²) in [5.41, 5.74) is 3.65.